The summed E-state index contributed by atoms with van der Waals surface area (Å²) in [5, 5.41) is 2.72. The van der Waals surface area contributed by atoms with E-state index in [0.29, 0.717) is 22.4 Å². The minimum Gasteiger partial charge on any atom is -0.454 e. The zero-order valence-corrected chi connectivity index (χ0v) is 19.0. The van der Waals surface area contributed by atoms with Crippen LogP contribution in [0.4, 0.5) is 5.69 Å². The molecule has 0 aliphatic carbocycles. The summed E-state index contributed by atoms with van der Waals surface area (Å²) in [4.78, 5) is 49.4. The van der Waals surface area contributed by atoms with Crippen LogP contribution in [0.1, 0.15) is 41.4 Å². The molecule has 1 amide bonds. The first kappa shape index (κ1) is 24.1. The lowest BCUT2D eigenvalue weighted by atomic mass is 10.1. The predicted octanol–water partition coefficient (Wildman–Crippen LogP) is 5.20. The van der Waals surface area contributed by atoms with Crippen molar-refractivity contribution in [1.82, 2.24) is 0 Å². The van der Waals surface area contributed by atoms with E-state index < -0.39 is 24.3 Å². The quantitative estimate of drug-likeness (QED) is 0.212. The second-order valence-corrected chi connectivity index (χ2v) is 7.68. The predicted molar refractivity (Wildman–Crippen MR) is 133 cm³/mol. The molecule has 0 atom stereocenters. The number of anilines is 1. The fourth-order valence-electron chi connectivity index (χ4n) is 3.26. The Labute approximate surface area is 207 Å². The molecule has 0 aromatic heterocycles. The average Bonchev–Trinajstić information content (AvgIpc) is 2.93. The molecular formula is C29H21NO6. The number of esters is 2. The van der Waals surface area contributed by atoms with Gasteiger partial charge < -0.3 is 14.8 Å². The van der Waals surface area contributed by atoms with Crippen molar-refractivity contribution in [3.63, 3.8) is 0 Å². The van der Waals surface area contributed by atoms with Crippen molar-refractivity contribution in [2.75, 3.05) is 11.9 Å². The van der Waals surface area contributed by atoms with E-state index in [1.165, 1.54) is 36.4 Å². The van der Waals surface area contributed by atoms with E-state index >= 15 is 0 Å². The van der Waals surface area contributed by atoms with Crippen LogP contribution < -0.4 is 10.1 Å². The van der Waals surface area contributed by atoms with Crippen LogP contribution in [0.5, 0.6) is 5.75 Å². The van der Waals surface area contributed by atoms with Gasteiger partial charge in [0, 0.05) is 16.8 Å². The number of rotatable bonds is 8. The van der Waals surface area contributed by atoms with Gasteiger partial charge in [-0.15, -0.1) is 0 Å². The first-order chi connectivity index (χ1) is 17.5. The molecule has 0 spiro atoms. The molecule has 0 unspecified atom stereocenters. The van der Waals surface area contributed by atoms with Crippen LogP contribution in [0.3, 0.4) is 0 Å². The molecule has 4 aromatic carbocycles. The van der Waals surface area contributed by atoms with Crippen LogP contribution >= 0.6 is 0 Å². The molecule has 0 fully saturated rings. The maximum atomic E-state index is 12.5. The third-order valence-corrected chi connectivity index (χ3v) is 5.12. The summed E-state index contributed by atoms with van der Waals surface area (Å²) >= 11 is 0. The van der Waals surface area contributed by atoms with Crippen molar-refractivity contribution in [3.05, 3.63) is 131 Å². The summed E-state index contributed by atoms with van der Waals surface area (Å²) in [7, 11) is 0. The van der Waals surface area contributed by atoms with E-state index in [9.17, 15) is 19.2 Å². The van der Waals surface area contributed by atoms with Gasteiger partial charge in [-0.25, -0.2) is 9.59 Å². The van der Waals surface area contributed by atoms with Gasteiger partial charge >= 0.3 is 11.9 Å². The number of carbonyl (C=O) groups excluding carboxylic acids is 4. The van der Waals surface area contributed by atoms with Crippen molar-refractivity contribution < 1.29 is 28.7 Å². The smallest absolute Gasteiger partial charge is 0.343 e. The number of Topliss-reactive ketones (excluding diaryl/α,β-unsaturated/α-hetero) is 1. The van der Waals surface area contributed by atoms with E-state index in [2.05, 4.69) is 5.32 Å². The highest BCUT2D eigenvalue weighted by Gasteiger charge is 2.14. The Morgan fingerprint density at radius 1 is 0.583 bits per heavy atom. The number of hydrogen-bond donors (Lipinski definition) is 1. The topological polar surface area (TPSA) is 98.8 Å². The van der Waals surface area contributed by atoms with Crippen LogP contribution in [0.2, 0.25) is 0 Å². The van der Waals surface area contributed by atoms with Gasteiger partial charge in [0.15, 0.2) is 12.4 Å². The van der Waals surface area contributed by atoms with Gasteiger partial charge in [-0.2, -0.15) is 0 Å². The van der Waals surface area contributed by atoms with Gasteiger partial charge in [-0.1, -0.05) is 42.5 Å². The van der Waals surface area contributed by atoms with E-state index in [1.54, 1.807) is 66.7 Å². The van der Waals surface area contributed by atoms with Crippen molar-refractivity contribution in [2.45, 2.75) is 0 Å². The first-order valence-electron chi connectivity index (χ1n) is 11.0. The number of carbonyl (C=O) groups is 4. The van der Waals surface area contributed by atoms with Crippen molar-refractivity contribution >= 4 is 29.3 Å². The van der Waals surface area contributed by atoms with Crippen LogP contribution in [0.25, 0.3) is 0 Å². The summed E-state index contributed by atoms with van der Waals surface area (Å²) in [6, 6.07) is 29.4. The Kier molecular flexibility index (Phi) is 7.63. The van der Waals surface area contributed by atoms with Crippen LogP contribution in [-0.2, 0) is 4.74 Å². The lowest BCUT2D eigenvalue weighted by molar-refractivity contribution is 0.0474. The first-order valence-corrected chi connectivity index (χ1v) is 11.0. The number of ether oxygens (including phenoxy) is 2. The minimum absolute atomic E-state index is 0.192. The summed E-state index contributed by atoms with van der Waals surface area (Å²) in [6.07, 6.45) is 0. The number of nitrogens with one attached hydrogen (secondary N) is 1. The fraction of sp³-hybridized carbons (Fsp3) is 0.0345. The molecule has 0 radical (unpaired) electrons. The normalized spacial score (nSPS) is 10.2. The molecule has 0 saturated heterocycles. The molecule has 178 valence electrons. The second-order valence-electron chi connectivity index (χ2n) is 7.68. The van der Waals surface area contributed by atoms with E-state index in [0.717, 1.165) is 0 Å². The van der Waals surface area contributed by atoms with E-state index in [-0.39, 0.29) is 17.2 Å². The van der Waals surface area contributed by atoms with Gasteiger partial charge in [-0.3, -0.25) is 9.59 Å². The highest BCUT2D eigenvalue weighted by Crippen LogP contribution is 2.16. The van der Waals surface area contributed by atoms with Crippen LogP contribution in [-0.4, -0.2) is 30.2 Å². The molecule has 0 aliphatic rings. The number of benzene rings is 4. The van der Waals surface area contributed by atoms with Crippen molar-refractivity contribution in [3.8, 4) is 5.75 Å². The summed E-state index contributed by atoms with van der Waals surface area (Å²) in [5.41, 5.74) is 1.80. The molecule has 0 bridgehead atoms. The van der Waals surface area contributed by atoms with Gasteiger partial charge in [0.1, 0.15) is 5.75 Å². The third kappa shape index (κ3) is 6.30. The van der Waals surface area contributed by atoms with Gasteiger partial charge in [0.2, 0.25) is 0 Å². The molecule has 7 heteroatoms. The molecule has 0 aliphatic heterocycles. The Morgan fingerprint density at radius 2 is 1.19 bits per heavy atom. The lowest BCUT2D eigenvalue weighted by Gasteiger charge is -2.08. The average molecular weight is 479 g/mol. The zero-order valence-electron chi connectivity index (χ0n) is 19.0. The molecule has 0 saturated carbocycles. The minimum atomic E-state index is -0.701. The number of ketones is 1. The standard InChI is InChI=1S/C29H21NO6/c31-26(20-14-16-25(17-15-20)36-29(34)22-10-5-2-6-11-22)19-35-28(33)23-12-7-13-24(18-23)30-27(32)21-8-3-1-4-9-21/h1-18H,19H2,(H,30,32). The summed E-state index contributed by atoms with van der Waals surface area (Å²) in [6.45, 7) is -0.470. The Hall–Kier alpha value is -5.04. The fourth-order valence-corrected chi connectivity index (χ4v) is 3.26. The molecule has 7 nitrogen and oxygen atoms in total. The highest BCUT2D eigenvalue weighted by atomic mass is 16.5. The van der Waals surface area contributed by atoms with Crippen molar-refractivity contribution in [1.29, 1.82) is 0 Å². The second kappa shape index (κ2) is 11.4. The van der Waals surface area contributed by atoms with Gasteiger partial charge in [-0.05, 0) is 66.7 Å². The Balaban J connectivity index is 1.31. The van der Waals surface area contributed by atoms with E-state index in [1.807, 2.05) is 6.07 Å². The largest absolute Gasteiger partial charge is 0.454 e. The monoisotopic (exact) mass is 479 g/mol. The SMILES string of the molecule is O=C(COC(=O)c1cccc(NC(=O)c2ccccc2)c1)c1ccc(OC(=O)c2ccccc2)cc1. The molecule has 4 aromatic rings. The zero-order chi connectivity index (χ0) is 25.3. The Morgan fingerprint density at radius 3 is 1.86 bits per heavy atom. The molecule has 1 N–H and O–H groups in total. The molecule has 36 heavy (non-hydrogen) atoms. The number of amides is 1. The maximum Gasteiger partial charge on any atom is 0.343 e. The van der Waals surface area contributed by atoms with Gasteiger partial charge in [0.05, 0.1) is 11.1 Å². The number of hydrogen-bond acceptors (Lipinski definition) is 6. The molecule has 4 rings (SSSR count). The maximum absolute atomic E-state index is 12.5. The van der Waals surface area contributed by atoms with Gasteiger partial charge in [0.25, 0.3) is 5.91 Å². The van der Waals surface area contributed by atoms with E-state index in [4.69, 9.17) is 9.47 Å². The molecule has 0 heterocycles. The van der Waals surface area contributed by atoms with Crippen molar-refractivity contribution in [2.24, 2.45) is 0 Å². The third-order valence-electron chi connectivity index (χ3n) is 5.12. The summed E-state index contributed by atoms with van der Waals surface area (Å²) in [5.74, 6) is -1.66. The summed E-state index contributed by atoms with van der Waals surface area (Å²) < 4.78 is 10.4. The van der Waals surface area contributed by atoms with Crippen LogP contribution in [0, 0.1) is 0 Å². The molecular weight excluding hydrogens is 458 g/mol. The van der Waals surface area contributed by atoms with Crippen LogP contribution in [0.15, 0.2) is 109 Å². The Bertz CT molecular complexity index is 1380. The lowest BCUT2D eigenvalue weighted by Crippen LogP contribution is -2.15. The highest BCUT2D eigenvalue weighted by molar-refractivity contribution is 6.05.